The molecule has 0 fully saturated rings. The normalized spacial score (nSPS) is 11.6. The number of benzene rings is 1. The first-order chi connectivity index (χ1) is 12.1. The summed E-state index contributed by atoms with van der Waals surface area (Å²) in [6.07, 6.45) is 0.274. The molecule has 8 heteroatoms. The van der Waals surface area contributed by atoms with Crippen molar-refractivity contribution in [3.63, 3.8) is 0 Å². The van der Waals surface area contributed by atoms with E-state index in [0.29, 0.717) is 11.5 Å². The Hall–Kier alpha value is -2.77. The quantitative estimate of drug-likeness (QED) is 0.789. The molecule has 0 spiro atoms. The van der Waals surface area contributed by atoms with E-state index < -0.39 is 23.1 Å². The van der Waals surface area contributed by atoms with Gasteiger partial charge in [-0.15, -0.1) is 5.10 Å². The largest absolute Gasteiger partial charge is 0.481 e. The second-order valence-electron chi connectivity index (χ2n) is 7.03. The van der Waals surface area contributed by atoms with E-state index in [1.807, 2.05) is 13.8 Å². The van der Waals surface area contributed by atoms with Crippen molar-refractivity contribution in [2.45, 2.75) is 40.0 Å². The molecule has 0 radical (unpaired) electrons. The minimum Gasteiger partial charge on any atom is -0.481 e. The maximum absolute atomic E-state index is 13.5. The van der Waals surface area contributed by atoms with Gasteiger partial charge in [0.05, 0.1) is 11.1 Å². The average Bonchev–Trinajstić information content (AvgIpc) is 3.00. The van der Waals surface area contributed by atoms with E-state index in [1.54, 1.807) is 26.0 Å². The lowest BCUT2D eigenvalue weighted by Gasteiger charge is -2.18. The van der Waals surface area contributed by atoms with Gasteiger partial charge in [0.2, 0.25) is 5.82 Å². The van der Waals surface area contributed by atoms with Crippen LogP contribution >= 0.6 is 0 Å². The van der Waals surface area contributed by atoms with Crippen molar-refractivity contribution in [3.8, 4) is 5.69 Å². The van der Waals surface area contributed by atoms with Gasteiger partial charge in [-0.2, -0.15) is 0 Å². The first-order valence-corrected chi connectivity index (χ1v) is 8.36. The fourth-order valence-corrected chi connectivity index (χ4v) is 2.27. The number of amides is 1. The van der Waals surface area contributed by atoms with Crippen LogP contribution in [-0.2, 0) is 4.79 Å². The highest BCUT2D eigenvalue weighted by Gasteiger charge is 2.27. The number of carboxylic acid groups (broad SMARTS) is 1. The number of hydrogen-bond acceptors (Lipinski definition) is 4. The third kappa shape index (κ3) is 4.44. The summed E-state index contributed by atoms with van der Waals surface area (Å²) < 4.78 is 15.0. The van der Waals surface area contributed by atoms with Crippen LogP contribution in [0.5, 0.6) is 0 Å². The van der Waals surface area contributed by atoms with Crippen LogP contribution in [0.15, 0.2) is 24.3 Å². The van der Waals surface area contributed by atoms with Crippen LogP contribution in [0.3, 0.4) is 0 Å². The maximum Gasteiger partial charge on any atom is 0.309 e. The number of carboxylic acids is 1. The van der Waals surface area contributed by atoms with E-state index in [1.165, 1.54) is 16.8 Å². The van der Waals surface area contributed by atoms with Gasteiger partial charge in [0.1, 0.15) is 11.6 Å². The zero-order valence-corrected chi connectivity index (χ0v) is 15.3. The van der Waals surface area contributed by atoms with Gasteiger partial charge in [0, 0.05) is 12.5 Å². The number of aliphatic carboxylic acids is 1. The van der Waals surface area contributed by atoms with Crippen molar-refractivity contribution in [1.29, 1.82) is 0 Å². The molecule has 0 saturated carbocycles. The summed E-state index contributed by atoms with van der Waals surface area (Å²) in [6.45, 7) is 7.17. The van der Waals surface area contributed by atoms with Gasteiger partial charge in [-0.05, 0) is 38.5 Å². The van der Waals surface area contributed by atoms with Crippen molar-refractivity contribution >= 4 is 11.9 Å². The van der Waals surface area contributed by atoms with E-state index in [2.05, 4.69) is 15.4 Å². The number of carbonyl (C=O) groups excluding carboxylic acids is 1. The Bertz CT molecular complexity index is 815. The Labute approximate surface area is 151 Å². The monoisotopic (exact) mass is 362 g/mol. The minimum atomic E-state index is -0.940. The first kappa shape index (κ1) is 19.6. The van der Waals surface area contributed by atoms with Crippen molar-refractivity contribution in [1.82, 2.24) is 20.1 Å². The lowest BCUT2D eigenvalue weighted by molar-refractivity contribution is -0.147. The van der Waals surface area contributed by atoms with Crippen LogP contribution < -0.4 is 5.32 Å². The molecule has 2 rings (SSSR count). The zero-order chi connectivity index (χ0) is 19.5. The number of rotatable bonds is 7. The van der Waals surface area contributed by atoms with Crippen LogP contribution in [-0.4, -0.2) is 38.3 Å². The smallest absolute Gasteiger partial charge is 0.309 e. The van der Waals surface area contributed by atoms with Crippen LogP contribution in [0.4, 0.5) is 4.39 Å². The minimum absolute atomic E-state index is 0.0294. The molecule has 0 aliphatic heterocycles. The molecule has 1 heterocycles. The summed E-state index contributed by atoms with van der Waals surface area (Å²) in [5.74, 6) is -1.36. The molecular formula is C18H23FN4O3. The number of aromatic nitrogens is 3. The molecule has 0 saturated heterocycles. The lowest BCUT2D eigenvalue weighted by Crippen LogP contribution is -2.32. The number of carbonyl (C=O) groups is 2. The molecule has 2 N–H and O–H groups in total. The molecule has 0 atom stereocenters. The molecule has 0 aliphatic rings. The van der Waals surface area contributed by atoms with Crippen molar-refractivity contribution in [2.24, 2.45) is 5.41 Å². The fraction of sp³-hybridized carbons (Fsp3) is 0.444. The highest BCUT2D eigenvalue weighted by molar-refractivity contribution is 5.90. The summed E-state index contributed by atoms with van der Waals surface area (Å²) in [5.41, 5.74) is -0.461. The molecule has 7 nitrogen and oxygen atoms in total. The molecule has 2 aromatic rings. The molecule has 1 amide bonds. The number of nitrogens with one attached hydrogen (secondary N) is 1. The predicted octanol–water partition coefficient (Wildman–Crippen LogP) is 2.76. The summed E-state index contributed by atoms with van der Waals surface area (Å²) in [7, 11) is 0. The summed E-state index contributed by atoms with van der Waals surface area (Å²) >= 11 is 0. The van der Waals surface area contributed by atoms with Crippen LogP contribution in [0, 0.1) is 11.2 Å². The molecule has 140 valence electrons. The Morgan fingerprint density at radius 1 is 1.35 bits per heavy atom. The van der Waals surface area contributed by atoms with Gasteiger partial charge < -0.3 is 10.4 Å². The Morgan fingerprint density at radius 3 is 2.62 bits per heavy atom. The second kappa shape index (κ2) is 7.63. The molecule has 1 aromatic carbocycles. The predicted molar refractivity (Wildman–Crippen MR) is 93.8 cm³/mol. The third-order valence-corrected chi connectivity index (χ3v) is 4.02. The van der Waals surface area contributed by atoms with E-state index in [4.69, 9.17) is 5.11 Å². The van der Waals surface area contributed by atoms with Crippen molar-refractivity contribution in [3.05, 3.63) is 41.7 Å². The third-order valence-electron chi connectivity index (χ3n) is 4.02. The van der Waals surface area contributed by atoms with Crippen molar-refractivity contribution < 1.29 is 19.1 Å². The standard InChI is InChI=1S/C18H23FN4O3/c1-11(2)15-21-14(16(24)20-9-8-18(3,4)17(25)26)22-23(15)13-7-5-6-12(19)10-13/h5-7,10-11H,8-9H2,1-4H3,(H,20,24)(H,25,26). The van der Waals surface area contributed by atoms with Gasteiger partial charge in [0.25, 0.3) is 5.91 Å². The lowest BCUT2D eigenvalue weighted by atomic mass is 9.90. The van der Waals surface area contributed by atoms with E-state index in [-0.39, 0.29) is 24.7 Å². The fourth-order valence-electron chi connectivity index (χ4n) is 2.27. The molecule has 26 heavy (non-hydrogen) atoms. The Kier molecular flexibility index (Phi) is 5.74. The Morgan fingerprint density at radius 2 is 2.04 bits per heavy atom. The summed E-state index contributed by atoms with van der Waals surface area (Å²) in [6, 6.07) is 5.88. The van der Waals surface area contributed by atoms with Crippen LogP contribution in [0.2, 0.25) is 0 Å². The van der Waals surface area contributed by atoms with Crippen molar-refractivity contribution in [2.75, 3.05) is 6.54 Å². The number of halogens is 1. The van der Waals surface area contributed by atoms with Gasteiger partial charge in [-0.1, -0.05) is 19.9 Å². The summed E-state index contributed by atoms with van der Waals surface area (Å²) in [5, 5.41) is 15.9. The number of hydrogen-bond donors (Lipinski definition) is 2. The molecule has 0 unspecified atom stereocenters. The highest BCUT2D eigenvalue weighted by atomic mass is 19.1. The molecule has 1 aromatic heterocycles. The van der Waals surface area contributed by atoms with E-state index in [9.17, 15) is 14.0 Å². The zero-order valence-electron chi connectivity index (χ0n) is 15.3. The van der Waals surface area contributed by atoms with Gasteiger partial charge in [-0.3, -0.25) is 9.59 Å². The van der Waals surface area contributed by atoms with Crippen LogP contribution in [0.25, 0.3) is 5.69 Å². The molecule has 0 bridgehead atoms. The topological polar surface area (TPSA) is 97.1 Å². The second-order valence-corrected chi connectivity index (χ2v) is 7.03. The van der Waals surface area contributed by atoms with Gasteiger partial charge in [0.15, 0.2) is 0 Å². The van der Waals surface area contributed by atoms with Gasteiger partial charge >= 0.3 is 5.97 Å². The highest BCUT2D eigenvalue weighted by Crippen LogP contribution is 2.20. The molecule has 0 aliphatic carbocycles. The number of nitrogens with zero attached hydrogens (tertiary/aromatic N) is 3. The molecular weight excluding hydrogens is 339 g/mol. The van der Waals surface area contributed by atoms with Crippen LogP contribution in [0.1, 0.15) is 56.5 Å². The van der Waals surface area contributed by atoms with Gasteiger partial charge in [-0.25, -0.2) is 14.1 Å². The first-order valence-electron chi connectivity index (χ1n) is 8.36. The van der Waals surface area contributed by atoms with E-state index >= 15 is 0 Å². The SMILES string of the molecule is CC(C)c1nc(C(=O)NCCC(C)(C)C(=O)O)nn1-c1cccc(F)c1. The average molecular weight is 362 g/mol. The Balaban J connectivity index is 2.19. The summed E-state index contributed by atoms with van der Waals surface area (Å²) in [4.78, 5) is 27.7. The van der Waals surface area contributed by atoms with E-state index in [0.717, 1.165) is 0 Å². The maximum atomic E-state index is 13.5.